The first-order valence-electron chi connectivity index (χ1n) is 5.91. The Bertz CT molecular complexity index is 718. The molecule has 0 saturated heterocycles. The van der Waals surface area contributed by atoms with Crippen molar-refractivity contribution in [2.75, 3.05) is 0 Å². The van der Waals surface area contributed by atoms with Gasteiger partial charge in [0, 0.05) is 11.1 Å². The highest BCUT2D eigenvalue weighted by Crippen LogP contribution is 2.37. The van der Waals surface area contributed by atoms with Crippen LogP contribution in [0.25, 0.3) is 11.1 Å². The molecule has 1 aliphatic rings. The van der Waals surface area contributed by atoms with Gasteiger partial charge in [-0.05, 0) is 29.7 Å². The summed E-state index contributed by atoms with van der Waals surface area (Å²) >= 11 is 0. The summed E-state index contributed by atoms with van der Waals surface area (Å²) in [5.41, 5.74) is 5.72. The molecule has 0 atom stereocenters. The van der Waals surface area contributed by atoms with Crippen LogP contribution in [0.1, 0.15) is 23.6 Å². The van der Waals surface area contributed by atoms with Crippen molar-refractivity contribution in [1.29, 1.82) is 0 Å². The van der Waals surface area contributed by atoms with Crippen LogP contribution in [0.2, 0.25) is 0 Å². The van der Waals surface area contributed by atoms with Gasteiger partial charge >= 0.3 is 0 Å². The third kappa shape index (κ3) is 1.61. The fourth-order valence-electron chi connectivity index (χ4n) is 2.44. The number of benzene rings is 2. The van der Waals surface area contributed by atoms with E-state index in [1.165, 1.54) is 0 Å². The quantitative estimate of drug-likeness (QED) is 0.397. The van der Waals surface area contributed by atoms with Crippen molar-refractivity contribution in [3.63, 3.8) is 0 Å². The largest absolute Gasteiger partial charge is 0.411 e. The van der Waals surface area contributed by atoms with Crippen molar-refractivity contribution in [2.45, 2.75) is 6.92 Å². The molecule has 0 saturated carbocycles. The Morgan fingerprint density at radius 3 is 2.26 bits per heavy atom. The number of oxime groups is 2. The fourth-order valence-corrected chi connectivity index (χ4v) is 2.44. The van der Waals surface area contributed by atoms with Gasteiger partial charge in [-0.25, -0.2) is 0 Å². The summed E-state index contributed by atoms with van der Waals surface area (Å²) in [4.78, 5) is 0. The molecule has 0 spiro atoms. The van der Waals surface area contributed by atoms with Crippen molar-refractivity contribution in [3.8, 4) is 11.1 Å². The van der Waals surface area contributed by atoms with E-state index in [9.17, 15) is 5.21 Å². The molecule has 2 N–H and O–H groups in total. The van der Waals surface area contributed by atoms with E-state index in [1.807, 2.05) is 42.5 Å². The lowest BCUT2D eigenvalue weighted by Gasteiger charge is -2.03. The fraction of sp³-hybridized carbons (Fsp3) is 0.0667. The molecule has 2 aromatic rings. The Morgan fingerprint density at radius 1 is 0.895 bits per heavy atom. The summed E-state index contributed by atoms with van der Waals surface area (Å²) in [5.74, 6) is 0. The lowest BCUT2D eigenvalue weighted by molar-refractivity contribution is 0.319. The van der Waals surface area contributed by atoms with E-state index in [0.717, 1.165) is 27.8 Å². The van der Waals surface area contributed by atoms with E-state index < -0.39 is 0 Å². The number of hydrogen-bond donors (Lipinski definition) is 2. The molecule has 3 rings (SSSR count). The highest BCUT2D eigenvalue weighted by Gasteiger charge is 2.25. The van der Waals surface area contributed by atoms with Crippen molar-refractivity contribution in [3.05, 3.63) is 59.2 Å². The molecular weight excluding hydrogens is 240 g/mol. The Balaban J connectivity index is 2.27. The molecule has 4 heteroatoms. The molecule has 0 unspecified atom stereocenters. The molecule has 2 aromatic carbocycles. The first-order valence-corrected chi connectivity index (χ1v) is 5.91. The monoisotopic (exact) mass is 252 g/mol. The Labute approximate surface area is 110 Å². The van der Waals surface area contributed by atoms with E-state index in [4.69, 9.17) is 5.21 Å². The number of rotatable bonds is 1. The van der Waals surface area contributed by atoms with Crippen molar-refractivity contribution >= 4 is 11.4 Å². The number of nitrogens with zero attached hydrogens (tertiary/aromatic N) is 2. The van der Waals surface area contributed by atoms with Crippen LogP contribution in [0.5, 0.6) is 0 Å². The van der Waals surface area contributed by atoms with Gasteiger partial charge in [0.15, 0.2) is 0 Å². The van der Waals surface area contributed by atoms with E-state index in [-0.39, 0.29) is 0 Å². The molecule has 4 nitrogen and oxygen atoms in total. The van der Waals surface area contributed by atoms with Gasteiger partial charge in [-0.3, -0.25) is 0 Å². The number of fused-ring (bicyclic) bond motifs is 3. The maximum Gasteiger partial charge on any atom is 0.118 e. The zero-order valence-electron chi connectivity index (χ0n) is 10.3. The second-order valence-corrected chi connectivity index (χ2v) is 4.44. The molecule has 0 aliphatic heterocycles. The van der Waals surface area contributed by atoms with E-state index in [2.05, 4.69) is 10.3 Å². The highest BCUT2D eigenvalue weighted by atomic mass is 16.4. The van der Waals surface area contributed by atoms with Crippen molar-refractivity contribution < 1.29 is 10.4 Å². The summed E-state index contributed by atoms with van der Waals surface area (Å²) in [7, 11) is 0. The lowest BCUT2D eigenvalue weighted by atomic mass is 10.0. The third-order valence-corrected chi connectivity index (χ3v) is 3.41. The summed E-state index contributed by atoms with van der Waals surface area (Å²) in [5, 5.41) is 24.7. The molecule has 94 valence electrons. The predicted molar refractivity (Wildman–Crippen MR) is 73.3 cm³/mol. The van der Waals surface area contributed by atoms with Gasteiger partial charge in [0.05, 0.1) is 5.71 Å². The van der Waals surface area contributed by atoms with Crippen LogP contribution in [0.3, 0.4) is 0 Å². The van der Waals surface area contributed by atoms with Gasteiger partial charge in [-0.2, -0.15) is 0 Å². The zero-order chi connectivity index (χ0) is 13.4. The topological polar surface area (TPSA) is 65.2 Å². The Hall–Kier alpha value is -2.62. The van der Waals surface area contributed by atoms with Crippen molar-refractivity contribution in [1.82, 2.24) is 0 Å². The van der Waals surface area contributed by atoms with Crippen LogP contribution < -0.4 is 0 Å². The van der Waals surface area contributed by atoms with Gasteiger partial charge in [0.25, 0.3) is 0 Å². The first kappa shape index (κ1) is 11.5. The molecular formula is C15H12N2O2. The average Bonchev–Trinajstić information content (AvgIpc) is 2.79. The Kier molecular flexibility index (Phi) is 2.56. The molecule has 0 bridgehead atoms. The minimum Gasteiger partial charge on any atom is -0.411 e. The van der Waals surface area contributed by atoms with Gasteiger partial charge in [0.2, 0.25) is 0 Å². The molecule has 0 fully saturated rings. The summed E-state index contributed by atoms with van der Waals surface area (Å²) in [6.45, 7) is 1.72. The van der Waals surface area contributed by atoms with Gasteiger partial charge in [0.1, 0.15) is 5.71 Å². The SMILES string of the molecule is C/C(=N/O)c1ccc2c(c1)/C(=N/O)c1ccccc1-2. The predicted octanol–water partition coefficient (Wildman–Crippen LogP) is 3.09. The van der Waals surface area contributed by atoms with Gasteiger partial charge in [-0.15, -0.1) is 0 Å². The van der Waals surface area contributed by atoms with E-state index in [0.29, 0.717) is 11.4 Å². The first-order chi connectivity index (χ1) is 9.26. The van der Waals surface area contributed by atoms with Crippen LogP contribution >= 0.6 is 0 Å². The van der Waals surface area contributed by atoms with Crippen LogP contribution in [0.4, 0.5) is 0 Å². The van der Waals surface area contributed by atoms with E-state index >= 15 is 0 Å². The van der Waals surface area contributed by atoms with Gasteiger partial charge in [-0.1, -0.05) is 46.7 Å². The second-order valence-electron chi connectivity index (χ2n) is 4.44. The van der Waals surface area contributed by atoms with Crippen LogP contribution in [0.15, 0.2) is 52.8 Å². The lowest BCUT2D eigenvalue weighted by Crippen LogP contribution is -2.01. The third-order valence-electron chi connectivity index (χ3n) is 3.41. The molecule has 19 heavy (non-hydrogen) atoms. The number of hydrogen-bond acceptors (Lipinski definition) is 4. The van der Waals surface area contributed by atoms with Crippen LogP contribution in [0, 0.1) is 0 Å². The molecule has 1 aliphatic carbocycles. The Morgan fingerprint density at radius 2 is 1.58 bits per heavy atom. The summed E-state index contributed by atoms with van der Waals surface area (Å²) in [6.07, 6.45) is 0. The maximum absolute atomic E-state index is 9.25. The average molecular weight is 252 g/mol. The zero-order valence-corrected chi connectivity index (χ0v) is 10.3. The van der Waals surface area contributed by atoms with Crippen LogP contribution in [-0.4, -0.2) is 21.8 Å². The maximum atomic E-state index is 9.25. The standard InChI is InChI=1S/C15H12N2O2/c1-9(16-18)10-6-7-12-11-4-2-3-5-13(11)15(17-19)14(12)8-10/h2-8,18-19H,1H3/b16-9-,17-15+. The smallest absolute Gasteiger partial charge is 0.118 e. The normalized spacial score (nSPS) is 15.4. The summed E-state index contributed by atoms with van der Waals surface area (Å²) < 4.78 is 0. The molecule has 0 amide bonds. The highest BCUT2D eigenvalue weighted by molar-refractivity contribution is 6.24. The molecule has 0 aromatic heterocycles. The van der Waals surface area contributed by atoms with Crippen LogP contribution in [-0.2, 0) is 0 Å². The minimum absolute atomic E-state index is 0.524. The summed E-state index contributed by atoms with van der Waals surface area (Å²) in [6, 6.07) is 13.5. The van der Waals surface area contributed by atoms with E-state index in [1.54, 1.807) is 6.92 Å². The van der Waals surface area contributed by atoms with Crippen molar-refractivity contribution in [2.24, 2.45) is 10.3 Å². The second kappa shape index (κ2) is 4.24. The minimum atomic E-state index is 0.524. The molecule has 0 heterocycles. The van der Waals surface area contributed by atoms with Gasteiger partial charge < -0.3 is 10.4 Å². The molecule has 0 radical (unpaired) electrons.